The first kappa shape index (κ1) is 14.1. The number of aryl methyl sites for hydroxylation is 1. The fourth-order valence-electron chi connectivity index (χ4n) is 2.23. The second kappa shape index (κ2) is 6.12. The van der Waals surface area contributed by atoms with Crippen LogP contribution < -0.4 is 5.32 Å². The van der Waals surface area contributed by atoms with Gasteiger partial charge in [-0.2, -0.15) is 0 Å². The molecule has 17 heavy (non-hydrogen) atoms. The quantitative estimate of drug-likeness (QED) is 0.819. The molecule has 1 N–H and O–H groups in total. The molecule has 3 heteroatoms. The number of hydrogen-bond acceptors (Lipinski definition) is 3. The molecule has 1 aromatic heterocycles. The van der Waals surface area contributed by atoms with E-state index in [0.717, 1.165) is 31.0 Å². The Balaban J connectivity index is 2.52. The number of nitrogens with one attached hydrogen (secondary N) is 1. The van der Waals surface area contributed by atoms with E-state index in [-0.39, 0.29) is 5.54 Å². The largest absolute Gasteiger partial charge is 0.311 e. The molecule has 0 fully saturated rings. The summed E-state index contributed by atoms with van der Waals surface area (Å²) in [6.45, 7) is 11.6. The third kappa shape index (κ3) is 5.29. The van der Waals surface area contributed by atoms with Crippen LogP contribution in [0.5, 0.6) is 0 Å². The third-order valence-electron chi connectivity index (χ3n) is 2.70. The van der Waals surface area contributed by atoms with E-state index >= 15 is 0 Å². The van der Waals surface area contributed by atoms with Gasteiger partial charge in [0.05, 0.1) is 5.69 Å². The van der Waals surface area contributed by atoms with Crippen molar-refractivity contribution in [2.45, 2.75) is 39.8 Å². The summed E-state index contributed by atoms with van der Waals surface area (Å²) in [7, 11) is 2.14. The van der Waals surface area contributed by atoms with Crippen molar-refractivity contribution >= 4 is 0 Å². The number of likely N-dealkylation sites (N-methyl/N-ethyl adjacent to an activating group) is 2. The summed E-state index contributed by atoms with van der Waals surface area (Å²) in [6, 6.07) is 6.19. The number of nitrogens with zero attached hydrogens (tertiary/aromatic N) is 2. The van der Waals surface area contributed by atoms with Gasteiger partial charge in [0.1, 0.15) is 0 Å². The third-order valence-corrected chi connectivity index (χ3v) is 2.70. The lowest BCUT2D eigenvalue weighted by Gasteiger charge is -2.31. The first-order valence-electron chi connectivity index (χ1n) is 6.29. The lowest BCUT2D eigenvalue weighted by Crippen LogP contribution is -2.47. The summed E-state index contributed by atoms with van der Waals surface area (Å²) in [5.74, 6) is 0. The van der Waals surface area contributed by atoms with Crippen LogP contribution in [0.1, 0.15) is 32.2 Å². The van der Waals surface area contributed by atoms with Crippen molar-refractivity contribution in [3.8, 4) is 0 Å². The van der Waals surface area contributed by atoms with Crippen molar-refractivity contribution in [1.82, 2.24) is 15.2 Å². The first-order valence-corrected chi connectivity index (χ1v) is 6.29. The molecule has 0 saturated carbocycles. The minimum absolute atomic E-state index is 0.146. The van der Waals surface area contributed by atoms with E-state index in [1.165, 1.54) is 0 Å². The van der Waals surface area contributed by atoms with Crippen LogP contribution in [-0.4, -0.2) is 35.6 Å². The van der Waals surface area contributed by atoms with E-state index in [4.69, 9.17) is 0 Å². The van der Waals surface area contributed by atoms with Crippen LogP contribution in [0.25, 0.3) is 0 Å². The van der Waals surface area contributed by atoms with Gasteiger partial charge in [0.15, 0.2) is 0 Å². The molecule has 0 aliphatic rings. The molecule has 0 radical (unpaired) electrons. The van der Waals surface area contributed by atoms with Crippen LogP contribution in [0.3, 0.4) is 0 Å². The zero-order valence-electron chi connectivity index (χ0n) is 11.7. The second-order valence-corrected chi connectivity index (χ2v) is 5.36. The fourth-order valence-corrected chi connectivity index (χ4v) is 2.23. The first-order chi connectivity index (χ1) is 7.93. The number of hydrogen-bond donors (Lipinski definition) is 1. The zero-order chi connectivity index (χ0) is 12.9. The summed E-state index contributed by atoms with van der Waals surface area (Å²) >= 11 is 0. The summed E-state index contributed by atoms with van der Waals surface area (Å²) in [4.78, 5) is 6.84. The predicted octanol–water partition coefficient (Wildman–Crippen LogP) is 2.21. The van der Waals surface area contributed by atoms with E-state index in [9.17, 15) is 0 Å². The van der Waals surface area contributed by atoms with Crippen molar-refractivity contribution in [2.75, 3.05) is 20.1 Å². The molecule has 0 amide bonds. The molecular formula is C14H25N3. The van der Waals surface area contributed by atoms with Gasteiger partial charge >= 0.3 is 0 Å². The topological polar surface area (TPSA) is 28.2 Å². The van der Waals surface area contributed by atoms with Crippen LogP contribution >= 0.6 is 0 Å². The second-order valence-electron chi connectivity index (χ2n) is 5.36. The smallest absolute Gasteiger partial charge is 0.0547 e. The highest BCUT2D eigenvalue weighted by molar-refractivity contribution is 5.09. The normalized spacial score (nSPS) is 12.1. The lowest BCUT2D eigenvalue weighted by molar-refractivity contribution is 0.230. The molecule has 96 valence electrons. The molecule has 1 heterocycles. The lowest BCUT2D eigenvalue weighted by atomic mass is 10.1. The number of rotatable bonds is 6. The van der Waals surface area contributed by atoms with E-state index in [0.29, 0.717) is 0 Å². The Morgan fingerprint density at radius 3 is 2.65 bits per heavy atom. The van der Waals surface area contributed by atoms with Gasteiger partial charge in [0, 0.05) is 24.3 Å². The molecule has 0 saturated heterocycles. The molecule has 1 aromatic rings. The Bertz CT molecular complexity index is 347. The maximum atomic E-state index is 4.53. The van der Waals surface area contributed by atoms with Gasteiger partial charge in [-0.1, -0.05) is 13.0 Å². The minimum Gasteiger partial charge on any atom is -0.311 e. The summed E-state index contributed by atoms with van der Waals surface area (Å²) in [5, 5.41) is 3.49. The van der Waals surface area contributed by atoms with Crippen molar-refractivity contribution < 1.29 is 0 Å². The Hall–Kier alpha value is -0.930. The predicted molar refractivity (Wildman–Crippen MR) is 73.1 cm³/mol. The van der Waals surface area contributed by atoms with Crippen molar-refractivity contribution in [1.29, 1.82) is 0 Å². The molecule has 0 aliphatic carbocycles. The molecular weight excluding hydrogens is 210 g/mol. The Morgan fingerprint density at radius 2 is 2.06 bits per heavy atom. The van der Waals surface area contributed by atoms with Gasteiger partial charge in [-0.15, -0.1) is 0 Å². The van der Waals surface area contributed by atoms with Crippen LogP contribution in [0, 0.1) is 6.92 Å². The van der Waals surface area contributed by atoms with Crippen molar-refractivity contribution in [2.24, 2.45) is 0 Å². The highest BCUT2D eigenvalue weighted by Crippen LogP contribution is 2.07. The molecule has 0 aromatic carbocycles. The van der Waals surface area contributed by atoms with Crippen LogP contribution in [0.2, 0.25) is 0 Å². The standard InChI is InChI=1S/C14H25N3/c1-6-15-14(3,4)11-17(5)10-13-9-7-8-12(2)16-13/h7-9,15H,6,10-11H2,1-5H3. The molecule has 0 unspecified atom stereocenters. The van der Waals surface area contributed by atoms with Crippen LogP contribution in [0.4, 0.5) is 0 Å². The van der Waals surface area contributed by atoms with Crippen LogP contribution in [0.15, 0.2) is 18.2 Å². The minimum atomic E-state index is 0.146. The highest BCUT2D eigenvalue weighted by Gasteiger charge is 2.18. The van der Waals surface area contributed by atoms with Gasteiger partial charge < -0.3 is 5.32 Å². The molecule has 0 aliphatic heterocycles. The maximum Gasteiger partial charge on any atom is 0.0547 e. The monoisotopic (exact) mass is 235 g/mol. The Morgan fingerprint density at radius 1 is 1.35 bits per heavy atom. The average molecular weight is 235 g/mol. The van der Waals surface area contributed by atoms with Gasteiger partial charge in [0.25, 0.3) is 0 Å². The van der Waals surface area contributed by atoms with E-state index in [1.54, 1.807) is 0 Å². The van der Waals surface area contributed by atoms with Gasteiger partial charge in [-0.05, 0) is 46.5 Å². The average Bonchev–Trinajstić information content (AvgIpc) is 2.15. The van der Waals surface area contributed by atoms with Gasteiger partial charge in [-0.25, -0.2) is 0 Å². The number of pyridine rings is 1. The fraction of sp³-hybridized carbons (Fsp3) is 0.643. The highest BCUT2D eigenvalue weighted by atomic mass is 15.1. The summed E-state index contributed by atoms with van der Waals surface area (Å²) < 4.78 is 0. The van der Waals surface area contributed by atoms with Gasteiger partial charge in [0.2, 0.25) is 0 Å². The molecule has 0 atom stereocenters. The van der Waals surface area contributed by atoms with Crippen LogP contribution in [-0.2, 0) is 6.54 Å². The van der Waals surface area contributed by atoms with Gasteiger partial charge in [-0.3, -0.25) is 9.88 Å². The van der Waals surface area contributed by atoms with Crippen molar-refractivity contribution in [3.63, 3.8) is 0 Å². The maximum absolute atomic E-state index is 4.53. The van der Waals surface area contributed by atoms with E-state index in [2.05, 4.69) is 55.2 Å². The zero-order valence-corrected chi connectivity index (χ0v) is 11.7. The Kier molecular flexibility index (Phi) is 5.09. The molecule has 3 nitrogen and oxygen atoms in total. The van der Waals surface area contributed by atoms with Crippen molar-refractivity contribution in [3.05, 3.63) is 29.6 Å². The molecule has 0 spiro atoms. The summed E-state index contributed by atoms with van der Waals surface area (Å²) in [5.41, 5.74) is 2.37. The van der Waals surface area contributed by atoms with E-state index in [1.807, 2.05) is 13.0 Å². The number of aromatic nitrogens is 1. The summed E-state index contributed by atoms with van der Waals surface area (Å²) in [6.07, 6.45) is 0. The SMILES string of the molecule is CCNC(C)(C)CN(C)Cc1cccc(C)n1. The molecule has 1 rings (SSSR count). The Labute approximate surface area is 105 Å². The molecule has 0 bridgehead atoms. The van der Waals surface area contributed by atoms with E-state index < -0.39 is 0 Å².